The van der Waals surface area contributed by atoms with Crippen LogP contribution in [0.15, 0.2) is 48.5 Å². The summed E-state index contributed by atoms with van der Waals surface area (Å²) in [7, 11) is 0. The van der Waals surface area contributed by atoms with E-state index in [-0.39, 0.29) is 0 Å². The standard InChI is InChI=1S/C27H35NO/c1-19-5-3-7-22(9-19)18-29-26-8-4-6-21(13-26)17-28-20(2)27-14-23-10-24(15-27)12-25(11-23)16-27/h3-9,13,20,23-25,28H,10-12,14-18H2,1-2H3. The fourth-order valence-electron chi connectivity index (χ4n) is 6.91. The minimum Gasteiger partial charge on any atom is -0.489 e. The molecule has 4 fully saturated rings. The van der Waals surface area contributed by atoms with Gasteiger partial charge in [-0.1, -0.05) is 42.0 Å². The normalized spacial score (nSPS) is 31.0. The van der Waals surface area contributed by atoms with Crippen molar-refractivity contribution in [3.05, 3.63) is 65.2 Å². The van der Waals surface area contributed by atoms with Gasteiger partial charge < -0.3 is 10.1 Å². The second-order valence-electron chi connectivity index (χ2n) is 10.3. The van der Waals surface area contributed by atoms with Crippen molar-refractivity contribution in [1.29, 1.82) is 0 Å². The molecule has 0 saturated heterocycles. The highest BCUT2D eigenvalue weighted by Gasteiger charge is 2.52. The van der Waals surface area contributed by atoms with Crippen LogP contribution < -0.4 is 10.1 Å². The average molecular weight is 390 g/mol. The quantitative estimate of drug-likeness (QED) is 0.603. The van der Waals surface area contributed by atoms with E-state index in [1.165, 1.54) is 55.2 Å². The zero-order valence-electron chi connectivity index (χ0n) is 18.0. The second kappa shape index (κ2) is 7.80. The highest BCUT2D eigenvalue weighted by atomic mass is 16.5. The summed E-state index contributed by atoms with van der Waals surface area (Å²) in [4.78, 5) is 0. The van der Waals surface area contributed by atoms with Gasteiger partial charge >= 0.3 is 0 Å². The third kappa shape index (κ3) is 4.10. The summed E-state index contributed by atoms with van der Waals surface area (Å²) in [5.41, 5.74) is 4.39. The zero-order chi connectivity index (χ0) is 19.8. The Balaban J connectivity index is 1.19. The highest BCUT2D eigenvalue weighted by molar-refractivity contribution is 5.29. The Morgan fingerprint density at radius 3 is 2.28 bits per heavy atom. The van der Waals surface area contributed by atoms with Gasteiger partial charge in [0.2, 0.25) is 0 Å². The summed E-state index contributed by atoms with van der Waals surface area (Å²) >= 11 is 0. The largest absolute Gasteiger partial charge is 0.489 e. The first-order chi connectivity index (χ1) is 14.1. The molecule has 0 amide bonds. The van der Waals surface area contributed by atoms with E-state index in [9.17, 15) is 0 Å². The number of nitrogens with one attached hydrogen (secondary N) is 1. The molecule has 2 nitrogen and oxygen atoms in total. The molecule has 1 N–H and O–H groups in total. The Labute approximate surface area is 176 Å². The molecule has 0 aromatic heterocycles. The molecule has 1 unspecified atom stereocenters. The Morgan fingerprint density at radius 1 is 0.931 bits per heavy atom. The van der Waals surface area contributed by atoms with Crippen molar-refractivity contribution in [2.45, 2.75) is 71.6 Å². The molecule has 6 rings (SSSR count). The van der Waals surface area contributed by atoms with Crippen molar-refractivity contribution in [2.75, 3.05) is 0 Å². The van der Waals surface area contributed by atoms with Crippen LogP contribution in [0.25, 0.3) is 0 Å². The topological polar surface area (TPSA) is 21.3 Å². The Bertz CT molecular complexity index is 822. The predicted molar refractivity (Wildman–Crippen MR) is 119 cm³/mol. The van der Waals surface area contributed by atoms with E-state index in [0.717, 1.165) is 30.0 Å². The molecular weight excluding hydrogens is 354 g/mol. The van der Waals surface area contributed by atoms with Crippen molar-refractivity contribution >= 4 is 0 Å². The van der Waals surface area contributed by atoms with Crippen LogP contribution in [0.4, 0.5) is 0 Å². The fourth-order valence-corrected chi connectivity index (χ4v) is 6.91. The molecule has 154 valence electrons. The van der Waals surface area contributed by atoms with E-state index >= 15 is 0 Å². The summed E-state index contributed by atoms with van der Waals surface area (Å²) in [5.74, 6) is 4.02. The second-order valence-corrected chi connectivity index (χ2v) is 10.3. The van der Waals surface area contributed by atoms with Gasteiger partial charge in [-0.25, -0.2) is 0 Å². The predicted octanol–water partition coefficient (Wildman–Crippen LogP) is 6.27. The Hall–Kier alpha value is -1.80. The first-order valence-corrected chi connectivity index (χ1v) is 11.6. The number of aryl methyl sites for hydroxylation is 1. The van der Waals surface area contributed by atoms with Gasteiger partial charge in [0, 0.05) is 12.6 Å². The number of hydrogen-bond donors (Lipinski definition) is 1. The number of rotatable bonds is 7. The van der Waals surface area contributed by atoms with E-state index in [1.807, 2.05) is 0 Å². The van der Waals surface area contributed by atoms with E-state index in [0.29, 0.717) is 18.1 Å². The molecule has 0 heterocycles. The lowest BCUT2D eigenvalue weighted by Gasteiger charge is -2.59. The van der Waals surface area contributed by atoms with Gasteiger partial charge in [-0.05, 0) is 98.8 Å². The molecule has 0 radical (unpaired) electrons. The van der Waals surface area contributed by atoms with E-state index in [4.69, 9.17) is 4.74 Å². The molecule has 2 aromatic carbocycles. The SMILES string of the molecule is Cc1cccc(COc2cccc(CNC(C)C34CC5CC(CC(C5)C3)C4)c2)c1. The first-order valence-electron chi connectivity index (χ1n) is 11.6. The van der Waals surface area contributed by atoms with Gasteiger partial charge in [0.15, 0.2) is 0 Å². The van der Waals surface area contributed by atoms with Crippen LogP contribution in [-0.2, 0) is 13.2 Å². The maximum absolute atomic E-state index is 6.07. The van der Waals surface area contributed by atoms with E-state index in [2.05, 4.69) is 67.7 Å². The van der Waals surface area contributed by atoms with Crippen LogP contribution in [0.3, 0.4) is 0 Å². The maximum atomic E-state index is 6.07. The first kappa shape index (κ1) is 19.2. The molecule has 4 aliphatic rings. The molecule has 2 aromatic rings. The number of benzene rings is 2. The summed E-state index contributed by atoms with van der Waals surface area (Å²) in [6.07, 6.45) is 8.96. The monoisotopic (exact) mass is 389 g/mol. The third-order valence-corrected chi connectivity index (χ3v) is 8.00. The van der Waals surface area contributed by atoms with Crippen LogP contribution in [0.1, 0.15) is 62.1 Å². The maximum Gasteiger partial charge on any atom is 0.120 e. The summed E-state index contributed by atoms with van der Waals surface area (Å²) in [6.45, 7) is 6.14. The van der Waals surface area contributed by atoms with Gasteiger partial charge in [0.1, 0.15) is 12.4 Å². The summed E-state index contributed by atoms with van der Waals surface area (Å²) in [5, 5.41) is 3.91. The van der Waals surface area contributed by atoms with Crippen LogP contribution >= 0.6 is 0 Å². The van der Waals surface area contributed by atoms with Gasteiger partial charge in [-0.3, -0.25) is 0 Å². The molecule has 4 aliphatic carbocycles. The van der Waals surface area contributed by atoms with Crippen LogP contribution in [-0.4, -0.2) is 6.04 Å². The number of hydrogen-bond acceptors (Lipinski definition) is 2. The minimum absolute atomic E-state index is 0.564. The van der Waals surface area contributed by atoms with Gasteiger partial charge in [0.05, 0.1) is 0 Å². The molecular formula is C27H35NO. The number of ether oxygens (including phenoxy) is 1. The molecule has 29 heavy (non-hydrogen) atoms. The van der Waals surface area contributed by atoms with Gasteiger partial charge in [-0.2, -0.15) is 0 Å². The lowest BCUT2D eigenvalue weighted by molar-refractivity contribution is -0.0706. The summed E-state index contributed by atoms with van der Waals surface area (Å²) < 4.78 is 6.07. The molecule has 4 saturated carbocycles. The van der Waals surface area contributed by atoms with E-state index in [1.54, 1.807) is 0 Å². The van der Waals surface area contributed by atoms with Crippen LogP contribution in [0.5, 0.6) is 5.75 Å². The Morgan fingerprint density at radius 2 is 1.59 bits per heavy atom. The van der Waals surface area contributed by atoms with Crippen molar-refractivity contribution in [3.8, 4) is 5.75 Å². The molecule has 1 atom stereocenters. The molecule has 4 bridgehead atoms. The lowest BCUT2D eigenvalue weighted by atomic mass is 9.48. The van der Waals surface area contributed by atoms with Crippen molar-refractivity contribution in [3.63, 3.8) is 0 Å². The lowest BCUT2D eigenvalue weighted by Crippen LogP contribution is -2.54. The molecule has 0 spiro atoms. The van der Waals surface area contributed by atoms with Gasteiger partial charge in [0.25, 0.3) is 0 Å². The smallest absolute Gasteiger partial charge is 0.120 e. The molecule has 2 heteroatoms. The average Bonchev–Trinajstić information content (AvgIpc) is 2.70. The van der Waals surface area contributed by atoms with Gasteiger partial charge in [-0.15, -0.1) is 0 Å². The Kier molecular flexibility index (Phi) is 5.16. The molecule has 0 aliphatic heterocycles. The van der Waals surface area contributed by atoms with Crippen molar-refractivity contribution in [1.82, 2.24) is 5.32 Å². The minimum atomic E-state index is 0.564. The van der Waals surface area contributed by atoms with Crippen molar-refractivity contribution < 1.29 is 4.74 Å². The van der Waals surface area contributed by atoms with Crippen molar-refractivity contribution in [2.24, 2.45) is 23.2 Å². The summed E-state index contributed by atoms with van der Waals surface area (Å²) in [6, 6.07) is 17.8. The van der Waals surface area contributed by atoms with E-state index < -0.39 is 0 Å². The zero-order valence-corrected chi connectivity index (χ0v) is 18.0. The fraction of sp³-hybridized carbons (Fsp3) is 0.556. The van der Waals surface area contributed by atoms with Crippen LogP contribution in [0, 0.1) is 30.1 Å². The van der Waals surface area contributed by atoms with Crippen LogP contribution in [0.2, 0.25) is 0 Å². The highest BCUT2D eigenvalue weighted by Crippen LogP contribution is 2.61. The third-order valence-electron chi connectivity index (χ3n) is 8.00.